The van der Waals surface area contributed by atoms with Gasteiger partial charge in [-0.15, -0.1) is 0 Å². The maximum Gasteiger partial charge on any atom is 0.258 e. The van der Waals surface area contributed by atoms with Crippen LogP contribution < -0.4 is 0 Å². The van der Waals surface area contributed by atoms with Crippen LogP contribution in [-0.4, -0.2) is 15.2 Å². The monoisotopic (exact) mass is 208 g/mol. The van der Waals surface area contributed by atoms with E-state index in [4.69, 9.17) is 9.63 Å². The van der Waals surface area contributed by atoms with Crippen LogP contribution in [0.3, 0.4) is 0 Å². The molecule has 4 nitrogen and oxygen atoms in total. The lowest BCUT2D eigenvalue weighted by atomic mass is 10.1. The van der Waals surface area contributed by atoms with E-state index in [0.29, 0.717) is 5.56 Å². The predicted molar refractivity (Wildman–Crippen MR) is 50.4 cm³/mol. The summed E-state index contributed by atoms with van der Waals surface area (Å²) in [6.07, 6.45) is 0. The lowest BCUT2D eigenvalue weighted by Crippen LogP contribution is -1.86. The lowest BCUT2D eigenvalue weighted by molar-refractivity contribution is 0.264. The minimum Gasteiger partial charge on any atom is -0.388 e. The van der Waals surface area contributed by atoms with E-state index in [2.05, 4.69) is 10.1 Å². The largest absolute Gasteiger partial charge is 0.388 e. The summed E-state index contributed by atoms with van der Waals surface area (Å²) in [4.78, 5) is 3.89. The zero-order valence-electron chi connectivity index (χ0n) is 8.07. The van der Waals surface area contributed by atoms with Crippen LogP contribution in [0.2, 0.25) is 0 Å². The second-order valence-electron chi connectivity index (χ2n) is 3.19. The van der Waals surface area contributed by atoms with Gasteiger partial charge in [-0.1, -0.05) is 5.16 Å². The Hall–Kier alpha value is -1.75. The number of aliphatic hydroxyl groups excluding tert-OH is 1. The van der Waals surface area contributed by atoms with E-state index < -0.39 is 0 Å². The van der Waals surface area contributed by atoms with Crippen LogP contribution in [0.25, 0.3) is 11.5 Å². The van der Waals surface area contributed by atoms with Gasteiger partial charge in [0, 0.05) is 5.56 Å². The Kier molecular flexibility index (Phi) is 2.47. The first-order chi connectivity index (χ1) is 7.19. The molecule has 0 bridgehead atoms. The minimum atomic E-state index is -0.353. The molecule has 2 aromatic rings. The average molecular weight is 208 g/mol. The summed E-state index contributed by atoms with van der Waals surface area (Å²) in [6, 6.07) is 4.45. The van der Waals surface area contributed by atoms with Gasteiger partial charge in [0.05, 0.1) is 0 Å². The highest BCUT2D eigenvalue weighted by atomic mass is 19.1. The van der Waals surface area contributed by atoms with E-state index in [1.807, 2.05) is 0 Å². The molecule has 0 aliphatic carbocycles. The van der Waals surface area contributed by atoms with E-state index in [1.54, 1.807) is 13.0 Å². The zero-order valence-corrected chi connectivity index (χ0v) is 8.07. The Labute approximate surface area is 85.4 Å². The van der Waals surface area contributed by atoms with Crippen molar-refractivity contribution in [1.29, 1.82) is 0 Å². The molecule has 5 heteroatoms. The third kappa shape index (κ3) is 2.02. The summed E-state index contributed by atoms with van der Waals surface area (Å²) in [5.74, 6) is 0.0438. The van der Waals surface area contributed by atoms with Gasteiger partial charge in [-0.3, -0.25) is 0 Å². The van der Waals surface area contributed by atoms with Gasteiger partial charge in [-0.25, -0.2) is 4.39 Å². The van der Waals surface area contributed by atoms with E-state index >= 15 is 0 Å². The van der Waals surface area contributed by atoms with Crippen molar-refractivity contribution in [2.45, 2.75) is 13.5 Å². The molecule has 0 fully saturated rings. The van der Waals surface area contributed by atoms with Crippen molar-refractivity contribution >= 4 is 0 Å². The first-order valence-corrected chi connectivity index (χ1v) is 4.40. The third-order valence-electron chi connectivity index (χ3n) is 1.90. The molecule has 1 aromatic carbocycles. The molecule has 1 N–H and O–H groups in total. The van der Waals surface area contributed by atoms with Crippen molar-refractivity contribution in [1.82, 2.24) is 10.1 Å². The Bertz CT molecular complexity index is 462. The highest BCUT2D eigenvalue weighted by Crippen LogP contribution is 2.19. The third-order valence-corrected chi connectivity index (χ3v) is 1.90. The summed E-state index contributed by atoms with van der Waals surface area (Å²) in [5.41, 5.74) is 1.29. The molecular weight excluding hydrogens is 199 g/mol. The minimum absolute atomic E-state index is 0.187. The topological polar surface area (TPSA) is 59.2 Å². The van der Waals surface area contributed by atoms with Crippen molar-refractivity contribution in [3.8, 4) is 11.5 Å². The number of benzene rings is 1. The van der Waals surface area contributed by atoms with Crippen LogP contribution in [0.1, 0.15) is 11.4 Å². The number of aliphatic hydroxyl groups is 1. The molecule has 0 amide bonds. The first-order valence-electron chi connectivity index (χ1n) is 4.40. The smallest absolute Gasteiger partial charge is 0.258 e. The summed E-state index contributed by atoms with van der Waals surface area (Å²) in [5, 5.41) is 12.3. The van der Waals surface area contributed by atoms with Crippen LogP contribution >= 0.6 is 0 Å². The van der Waals surface area contributed by atoms with Gasteiger partial charge in [0.1, 0.15) is 12.4 Å². The zero-order chi connectivity index (χ0) is 10.8. The van der Waals surface area contributed by atoms with E-state index in [-0.39, 0.29) is 24.1 Å². The molecule has 2 rings (SSSR count). The molecule has 15 heavy (non-hydrogen) atoms. The molecule has 0 saturated heterocycles. The van der Waals surface area contributed by atoms with E-state index in [9.17, 15) is 4.39 Å². The van der Waals surface area contributed by atoms with Gasteiger partial charge in [0.2, 0.25) is 0 Å². The highest BCUT2D eigenvalue weighted by Gasteiger charge is 2.09. The van der Waals surface area contributed by atoms with Crippen molar-refractivity contribution in [3.05, 3.63) is 35.4 Å². The van der Waals surface area contributed by atoms with Crippen LogP contribution in [0, 0.1) is 12.7 Å². The van der Waals surface area contributed by atoms with Crippen LogP contribution in [0.5, 0.6) is 0 Å². The van der Waals surface area contributed by atoms with Crippen molar-refractivity contribution in [2.24, 2.45) is 0 Å². The molecule has 0 aliphatic rings. The Morgan fingerprint density at radius 1 is 1.40 bits per heavy atom. The Balaban J connectivity index is 2.44. The Morgan fingerprint density at radius 3 is 2.80 bits per heavy atom. The fourth-order valence-electron chi connectivity index (χ4n) is 1.30. The lowest BCUT2D eigenvalue weighted by Gasteiger charge is -1.97. The van der Waals surface area contributed by atoms with Crippen LogP contribution in [0.4, 0.5) is 4.39 Å². The van der Waals surface area contributed by atoms with Gasteiger partial charge >= 0.3 is 0 Å². The molecular formula is C10H9FN2O2. The quantitative estimate of drug-likeness (QED) is 0.815. The number of rotatable bonds is 2. The molecule has 0 radical (unpaired) electrons. The Morgan fingerprint density at radius 2 is 2.20 bits per heavy atom. The molecule has 78 valence electrons. The molecule has 1 aromatic heterocycles. The van der Waals surface area contributed by atoms with Crippen molar-refractivity contribution in [2.75, 3.05) is 0 Å². The fraction of sp³-hybridized carbons (Fsp3) is 0.200. The fourth-order valence-corrected chi connectivity index (χ4v) is 1.30. The average Bonchev–Trinajstić information content (AvgIpc) is 2.64. The number of halogens is 1. The van der Waals surface area contributed by atoms with Crippen LogP contribution in [0.15, 0.2) is 22.7 Å². The normalized spacial score (nSPS) is 10.6. The summed E-state index contributed by atoms with van der Waals surface area (Å²) in [7, 11) is 0. The van der Waals surface area contributed by atoms with Crippen LogP contribution in [-0.2, 0) is 6.61 Å². The second-order valence-corrected chi connectivity index (χ2v) is 3.19. The molecule has 1 heterocycles. The summed E-state index contributed by atoms with van der Waals surface area (Å²) in [6.45, 7) is 1.48. The molecule has 0 unspecified atom stereocenters. The summed E-state index contributed by atoms with van der Waals surface area (Å²) >= 11 is 0. The van der Waals surface area contributed by atoms with Gasteiger partial charge < -0.3 is 9.63 Å². The second kappa shape index (κ2) is 3.78. The number of hydrogen-bond donors (Lipinski definition) is 1. The van der Waals surface area contributed by atoms with E-state index in [0.717, 1.165) is 5.56 Å². The standard InChI is InChI=1S/C10H9FN2O2/c1-6-2-7(4-8(11)3-6)10-12-9(5-14)13-15-10/h2-4,14H,5H2,1H3. The number of nitrogens with zero attached hydrogens (tertiary/aromatic N) is 2. The predicted octanol–water partition coefficient (Wildman–Crippen LogP) is 1.68. The SMILES string of the molecule is Cc1cc(F)cc(-c2nc(CO)no2)c1. The number of hydrogen-bond acceptors (Lipinski definition) is 4. The maximum absolute atomic E-state index is 13.1. The van der Waals surface area contributed by atoms with Gasteiger partial charge in [0.25, 0.3) is 5.89 Å². The van der Waals surface area contributed by atoms with Gasteiger partial charge in [-0.2, -0.15) is 4.98 Å². The first kappa shape index (κ1) is 9.79. The number of aryl methyl sites for hydroxylation is 1. The highest BCUT2D eigenvalue weighted by molar-refractivity contribution is 5.54. The van der Waals surface area contributed by atoms with Gasteiger partial charge in [0.15, 0.2) is 5.82 Å². The molecule has 0 saturated carbocycles. The van der Waals surface area contributed by atoms with E-state index in [1.165, 1.54) is 12.1 Å². The van der Waals surface area contributed by atoms with Crippen molar-refractivity contribution in [3.63, 3.8) is 0 Å². The van der Waals surface area contributed by atoms with Crippen molar-refractivity contribution < 1.29 is 14.0 Å². The summed E-state index contributed by atoms with van der Waals surface area (Å²) < 4.78 is 17.9. The number of aromatic nitrogens is 2. The molecule has 0 spiro atoms. The molecule has 0 atom stereocenters. The van der Waals surface area contributed by atoms with Gasteiger partial charge in [-0.05, 0) is 30.7 Å². The molecule has 0 aliphatic heterocycles. The maximum atomic E-state index is 13.1.